The first-order valence-corrected chi connectivity index (χ1v) is 7.94. The molecule has 5 heteroatoms. The van der Waals surface area contributed by atoms with Crippen LogP contribution in [0, 0.1) is 6.92 Å². The molecule has 1 aromatic heterocycles. The van der Waals surface area contributed by atoms with E-state index in [-0.39, 0.29) is 5.97 Å². The zero-order valence-corrected chi connectivity index (χ0v) is 14.2. The van der Waals surface area contributed by atoms with E-state index in [9.17, 15) is 4.79 Å². The van der Waals surface area contributed by atoms with E-state index < -0.39 is 0 Å². The minimum absolute atomic E-state index is 0.376. The molecule has 0 fully saturated rings. The van der Waals surface area contributed by atoms with E-state index in [4.69, 9.17) is 16.3 Å². The molecule has 0 aliphatic heterocycles. The van der Waals surface area contributed by atoms with Gasteiger partial charge in [0.05, 0.1) is 24.2 Å². The summed E-state index contributed by atoms with van der Waals surface area (Å²) >= 11 is 5.95. The molecule has 122 valence electrons. The topological polar surface area (TPSA) is 44.1 Å². The number of halogens is 1. The Bertz CT molecular complexity index is 855. The van der Waals surface area contributed by atoms with Crippen LogP contribution in [0.3, 0.4) is 0 Å². The number of aromatic nitrogens is 2. The number of hydrogen-bond donors (Lipinski definition) is 0. The Hall–Kier alpha value is -2.59. The molecule has 0 atom stereocenters. The highest BCUT2D eigenvalue weighted by Gasteiger charge is 2.22. The fourth-order valence-corrected chi connectivity index (χ4v) is 2.80. The van der Waals surface area contributed by atoms with Gasteiger partial charge in [0.25, 0.3) is 0 Å². The van der Waals surface area contributed by atoms with E-state index >= 15 is 0 Å². The Morgan fingerprint density at radius 1 is 1.12 bits per heavy atom. The van der Waals surface area contributed by atoms with Gasteiger partial charge in [0.2, 0.25) is 0 Å². The smallest absolute Gasteiger partial charge is 0.341 e. The largest absolute Gasteiger partial charge is 0.465 e. The molecular formula is C19H17ClN2O2. The second-order valence-electron chi connectivity index (χ2n) is 5.45. The number of ether oxygens (including phenoxy) is 1. The highest BCUT2D eigenvalue weighted by Crippen LogP contribution is 2.22. The summed E-state index contributed by atoms with van der Waals surface area (Å²) in [5, 5.41) is 5.30. The van der Waals surface area contributed by atoms with E-state index in [1.165, 1.54) is 7.11 Å². The molecule has 0 saturated heterocycles. The van der Waals surface area contributed by atoms with Crippen molar-refractivity contribution in [3.05, 3.63) is 82.1 Å². The van der Waals surface area contributed by atoms with Crippen LogP contribution in [-0.2, 0) is 11.2 Å². The van der Waals surface area contributed by atoms with Crippen molar-refractivity contribution in [1.29, 1.82) is 0 Å². The number of carbonyl (C=O) groups is 1. The lowest BCUT2D eigenvalue weighted by molar-refractivity contribution is 0.0599. The van der Waals surface area contributed by atoms with E-state index in [0.717, 1.165) is 16.9 Å². The van der Waals surface area contributed by atoms with Crippen molar-refractivity contribution in [3.63, 3.8) is 0 Å². The molecule has 4 nitrogen and oxygen atoms in total. The van der Waals surface area contributed by atoms with Crippen molar-refractivity contribution in [1.82, 2.24) is 9.78 Å². The van der Waals surface area contributed by atoms with Crippen LogP contribution in [0.5, 0.6) is 0 Å². The van der Waals surface area contributed by atoms with Crippen molar-refractivity contribution in [2.75, 3.05) is 7.11 Å². The summed E-state index contributed by atoms with van der Waals surface area (Å²) in [5.41, 5.74) is 3.89. The SMILES string of the molecule is COC(=O)c1c(Cc2ccccc2)nn(-c2ccc(Cl)cc2)c1C. The summed E-state index contributed by atoms with van der Waals surface area (Å²) in [6.45, 7) is 1.86. The second-order valence-corrected chi connectivity index (χ2v) is 5.89. The third kappa shape index (κ3) is 3.19. The summed E-state index contributed by atoms with van der Waals surface area (Å²) in [6.07, 6.45) is 0.562. The van der Waals surface area contributed by atoms with Gasteiger partial charge in [-0.25, -0.2) is 9.48 Å². The van der Waals surface area contributed by atoms with Gasteiger partial charge in [-0.05, 0) is 36.8 Å². The zero-order valence-electron chi connectivity index (χ0n) is 13.5. The van der Waals surface area contributed by atoms with Gasteiger partial charge in [-0.1, -0.05) is 41.9 Å². The molecule has 0 unspecified atom stereocenters. The molecule has 3 aromatic rings. The first kappa shape index (κ1) is 16.3. The van der Waals surface area contributed by atoms with E-state index in [0.29, 0.717) is 22.7 Å². The number of esters is 1. The number of carbonyl (C=O) groups excluding carboxylic acids is 1. The Labute approximate surface area is 145 Å². The molecule has 3 rings (SSSR count). The molecule has 0 aliphatic carbocycles. The molecule has 0 saturated carbocycles. The third-order valence-corrected chi connectivity index (χ3v) is 4.12. The zero-order chi connectivity index (χ0) is 17.1. The molecule has 2 aromatic carbocycles. The lowest BCUT2D eigenvalue weighted by Crippen LogP contribution is -2.06. The minimum Gasteiger partial charge on any atom is -0.465 e. The number of nitrogens with zero attached hydrogens (tertiary/aromatic N) is 2. The Morgan fingerprint density at radius 2 is 1.79 bits per heavy atom. The average Bonchev–Trinajstić information content (AvgIpc) is 2.92. The summed E-state index contributed by atoms with van der Waals surface area (Å²) in [5.74, 6) is -0.376. The highest BCUT2D eigenvalue weighted by atomic mass is 35.5. The van der Waals surface area contributed by atoms with E-state index in [1.54, 1.807) is 16.8 Å². The van der Waals surface area contributed by atoms with Crippen LogP contribution >= 0.6 is 11.6 Å². The van der Waals surface area contributed by atoms with Crippen LogP contribution < -0.4 is 0 Å². The van der Waals surface area contributed by atoms with Gasteiger partial charge in [0.15, 0.2) is 0 Å². The van der Waals surface area contributed by atoms with E-state index in [1.807, 2.05) is 49.4 Å². The summed E-state index contributed by atoms with van der Waals surface area (Å²) < 4.78 is 6.70. The van der Waals surface area contributed by atoms with Crippen molar-refractivity contribution < 1.29 is 9.53 Å². The molecule has 0 spiro atoms. The first-order valence-electron chi connectivity index (χ1n) is 7.57. The van der Waals surface area contributed by atoms with Crippen molar-refractivity contribution in [2.45, 2.75) is 13.3 Å². The Morgan fingerprint density at radius 3 is 2.42 bits per heavy atom. The van der Waals surface area contributed by atoms with Crippen LogP contribution in [0.15, 0.2) is 54.6 Å². The van der Waals surface area contributed by atoms with Gasteiger partial charge in [-0.2, -0.15) is 5.10 Å². The van der Waals surface area contributed by atoms with Crippen molar-refractivity contribution in [3.8, 4) is 5.69 Å². The number of rotatable bonds is 4. The van der Waals surface area contributed by atoms with Gasteiger partial charge in [-0.15, -0.1) is 0 Å². The molecule has 0 radical (unpaired) electrons. The highest BCUT2D eigenvalue weighted by molar-refractivity contribution is 6.30. The molecule has 1 heterocycles. The molecule has 24 heavy (non-hydrogen) atoms. The molecular weight excluding hydrogens is 324 g/mol. The number of benzene rings is 2. The lowest BCUT2D eigenvalue weighted by atomic mass is 10.1. The van der Waals surface area contributed by atoms with Gasteiger partial charge in [0, 0.05) is 11.4 Å². The van der Waals surface area contributed by atoms with Crippen LogP contribution in [0.25, 0.3) is 5.69 Å². The predicted molar refractivity (Wildman–Crippen MR) is 93.9 cm³/mol. The number of methoxy groups -OCH3 is 1. The monoisotopic (exact) mass is 340 g/mol. The molecule has 0 bridgehead atoms. The Kier molecular flexibility index (Phi) is 4.67. The Balaban J connectivity index is 2.08. The fourth-order valence-electron chi connectivity index (χ4n) is 2.67. The van der Waals surface area contributed by atoms with Crippen LogP contribution in [-0.4, -0.2) is 22.9 Å². The lowest BCUT2D eigenvalue weighted by Gasteiger charge is -2.04. The molecule has 0 amide bonds. The van der Waals surface area contributed by atoms with Gasteiger partial charge in [-0.3, -0.25) is 0 Å². The van der Waals surface area contributed by atoms with Crippen LogP contribution in [0.1, 0.15) is 27.3 Å². The van der Waals surface area contributed by atoms with Crippen molar-refractivity contribution >= 4 is 17.6 Å². The molecule has 0 N–H and O–H groups in total. The minimum atomic E-state index is -0.376. The van der Waals surface area contributed by atoms with E-state index in [2.05, 4.69) is 5.10 Å². The first-order chi connectivity index (χ1) is 11.6. The number of hydrogen-bond acceptors (Lipinski definition) is 3. The summed E-state index contributed by atoms with van der Waals surface area (Å²) in [7, 11) is 1.38. The fraction of sp³-hybridized carbons (Fsp3) is 0.158. The van der Waals surface area contributed by atoms with Gasteiger partial charge < -0.3 is 4.74 Å². The quantitative estimate of drug-likeness (QED) is 0.668. The maximum absolute atomic E-state index is 12.2. The van der Waals surface area contributed by atoms with Crippen molar-refractivity contribution in [2.24, 2.45) is 0 Å². The third-order valence-electron chi connectivity index (χ3n) is 3.86. The van der Waals surface area contributed by atoms with Gasteiger partial charge >= 0.3 is 5.97 Å². The average molecular weight is 341 g/mol. The molecule has 0 aliphatic rings. The normalized spacial score (nSPS) is 10.6. The summed E-state index contributed by atoms with van der Waals surface area (Å²) in [6, 6.07) is 17.3. The van der Waals surface area contributed by atoms with Gasteiger partial charge in [0.1, 0.15) is 5.56 Å². The maximum Gasteiger partial charge on any atom is 0.341 e. The van der Waals surface area contributed by atoms with Crippen LogP contribution in [0.4, 0.5) is 0 Å². The second kappa shape index (κ2) is 6.89. The summed E-state index contributed by atoms with van der Waals surface area (Å²) in [4.78, 5) is 12.2. The van der Waals surface area contributed by atoms with Crippen LogP contribution in [0.2, 0.25) is 5.02 Å². The standard InChI is InChI=1S/C19H17ClN2O2/c1-13-18(19(23)24-2)17(12-14-6-4-3-5-7-14)21-22(13)16-10-8-15(20)9-11-16/h3-11H,12H2,1-2H3. The predicted octanol–water partition coefficient (Wildman–Crippen LogP) is 4.21. The maximum atomic E-state index is 12.2.